The molecule has 3 heteroatoms. The van der Waals surface area contributed by atoms with E-state index >= 15 is 0 Å². The van der Waals surface area contributed by atoms with E-state index in [9.17, 15) is 9.18 Å². The number of hydrogen-bond donors (Lipinski definition) is 0. The maximum atomic E-state index is 13.3. The number of rotatable bonds is 13. The highest BCUT2D eigenvalue weighted by Crippen LogP contribution is 2.12. The maximum Gasteiger partial charge on any atom is 0.308 e. The molecule has 0 amide bonds. The van der Waals surface area contributed by atoms with Crippen LogP contribution in [0.25, 0.3) is 0 Å². The summed E-state index contributed by atoms with van der Waals surface area (Å²) in [5.41, 5.74) is 0. The minimum atomic E-state index is -1.40. The molecule has 0 aromatic carbocycles. The monoisotopic (exact) mass is 274 g/mol. The smallest absolute Gasteiger partial charge is 0.308 e. The van der Waals surface area contributed by atoms with Crippen LogP contribution in [0, 0.1) is 0 Å². The lowest BCUT2D eigenvalue weighted by Gasteiger charge is -2.09. The van der Waals surface area contributed by atoms with Crippen molar-refractivity contribution in [2.24, 2.45) is 0 Å². The molecule has 1 unspecified atom stereocenters. The predicted octanol–water partition coefficient (Wildman–Crippen LogP) is 5.55. The van der Waals surface area contributed by atoms with Gasteiger partial charge in [-0.15, -0.1) is 0 Å². The van der Waals surface area contributed by atoms with Gasteiger partial charge in [0.1, 0.15) is 0 Å². The van der Waals surface area contributed by atoms with Crippen LogP contribution in [-0.2, 0) is 9.53 Å². The predicted molar refractivity (Wildman–Crippen MR) is 77.7 cm³/mol. The van der Waals surface area contributed by atoms with Gasteiger partial charge in [0, 0.05) is 12.8 Å². The van der Waals surface area contributed by atoms with Crippen molar-refractivity contribution in [3.05, 3.63) is 0 Å². The van der Waals surface area contributed by atoms with Gasteiger partial charge in [-0.3, -0.25) is 4.79 Å². The van der Waals surface area contributed by atoms with Gasteiger partial charge in [0.05, 0.1) is 0 Å². The highest BCUT2D eigenvalue weighted by Gasteiger charge is 2.11. The summed E-state index contributed by atoms with van der Waals surface area (Å²) < 4.78 is 18.1. The fraction of sp³-hybridized carbons (Fsp3) is 0.938. The van der Waals surface area contributed by atoms with Crippen LogP contribution in [0.5, 0.6) is 0 Å². The molecule has 0 aliphatic heterocycles. The molecule has 0 aliphatic rings. The summed E-state index contributed by atoms with van der Waals surface area (Å²) in [6.45, 7) is 4.31. The first-order chi connectivity index (χ1) is 9.20. The van der Waals surface area contributed by atoms with E-state index < -0.39 is 6.36 Å². The normalized spacial score (nSPS) is 12.4. The van der Waals surface area contributed by atoms with Crippen LogP contribution in [0.15, 0.2) is 0 Å². The highest BCUT2D eigenvalue weighted by molar-refractivity contribution is 5.69. The molecule has 1 atom stereocenters. The number of carbonyl (C=O) groups is 1. The quantitative estimate of drug-likeness (QED) is 0.325. The summed E-state index contributed by atoms with van der Waals surface area (Å²) in [6.07, 6.45) is 10.1. The van der Waals surface area contributed by atoms with Crippen LogP contribution in [0.4, 0.5) is 4.39 Å². The van der Waals surface area contributed by atoms with Crippen molar-refractivity contribution in [3.63, 3.8) is 0 Å². The topological polar surface area (TPSA) is 26.3 Å². The third-order valence-corrected chi connectivity index (χ3v) is 3.28. The Morgan fingerprint density at radius 2 is 1.42 bits per heavy atom. The molecule has 0 heterocycles. The lowest BCUT2D eigenvalue weighted by molar-refractivity contribution is -0.158. The zero-order valence-corrected chi connectivity index (χ0v) is 12.8. The minimum Gasteiger partial charge on any atom is -0.431 e. The number of hydrogen-bond acceptors (Lipinski definition) is 2. The van der Waals surface area contributed by atoms with Crippen molar-refractivity contribution in [1.29, 1.82) is 0 Å². The molecule has 0 spiro atoms. The van der Waals surface area contributed by atoms with E-state index in [-0.39, 0.29) is 5.97 Å². The molecule has 0 aromatic rings. The van der Waals surface area contributed by atoms with Crippen LogP contribution in [-0.4, -0.2) is 12.3 Å². The molecule has 19 heavy (non-hydrogen) atoms. The lowest BCUT2D eigenvalue weighted by Crippen LogP contribution is -2.13. The first-order valence-corrected chi connectivity index (χ1v) is 8.04. The molecular formula is C16H31FO2. The van der Waals surface area contributed by atoms with Gasteiger partial charge >= 0.3 is 5.97 Å². The Labute approximate surface area is 118 Å². The summed E-state index contributed by atoms with van der Waals surface area (Å²) in [6, 6.07) is 0. The van der Waals surface area contributed by atoms with E-state index in [0.29, 0.717) is 12.8 Å². The zero-order valence-electron chi connectivity index (χ0n) is 12.8. The van der Waals surface area contributed by atoms with Gasteiger partial charge in [-0.2, -0.15) is 0 Å². The lowest BCUT2D eigenvalue weighted by atomic mass is 10.1. The maximum absolute atomic E-state index is 13.3. The highest BCUT2D eigenvalue weighted by atomic mass is 19.1. The molecule has 114 valence electrons. The molecule has 0 saturated heterocycles. The standard InChI is InChI=1S/C16H31FO2/c1-3-5-7-9-11-13-15(17)19-16(18)14-12-10-8-6-4-2/h15H,3-14H2,1-2H3. The number of carbonyl (C=O) groups excluding carboxylic acids is 1. The summed E-state index contributed by atoms with van der Waals surface area (Å²) in [7, 11) is 0. The third-order valence-electron chi connectivity index (χ3n) is 3.28. The second kappa shape index (κ2) is 13.8. The van der Waals surface area contributed by atoms with Gasteiger partial charge in [-0.1, -0.05) is 65.2 Å². The van der Waals surface area contributed by atoms with Gasteiger partial charge in [0.25, 0.3) is 0 Å². The Kier molecular flexibility index (Phi) is 13.4. The summed E-state index contributed by atoms with van der Waals surface area (Å²) in [4.78, 5) is 11.4. The van der Waals surface area contributed by atoms with E-state index in [2.05, 4.69) is 13.8 Å². The van der Waals surface area contributed by atoms with Crippen LogP contribution in [0.1, 0.15) is 90.9 Å². The molecule has 0 N–H and O–H groups in total. The molecule has 0 aromatic heterocycles. The van der Waals surface area contributed by atoms with Crippen LogP contribution < -0.4 is 0 Å². The second-order valence-corrected chi connectivity index (χ2v) is 5.27. The molecule has 0 fully saturated rings. The Bertz CT molecular complexity index is 207. The summed E-state index contributed by atoms with van der Waals surface area (Å²) in [5, 5.41) is 0. The Morgan fingerprint density at radius 1 is 0.895 bits per heavy atom. The Morgan fingerprint density at radius 3 is 2.00 bits per heavy atom. The fourth-order valence-electron chi connectivity index (χ4n) is 2.04. The van der Waals surface area contributed by atoms with Crippen molar-refractivity contribution in [2.75, 3.05) is 0 Å². The largest absolute Gasteiger partial charge is 0.431 e. The summed E-state index contributed by atoms with van der Waals surface area (Å²) in [5.74, 6) is -0.377. The average molecular weight is 274 g/mol. The van der Waals surface area contributed by atoms with Gasteiger partial charge in [-0.05, 0) is 12.8 Å². The number of ether oxygens (including phenoxy) is 1. The van der Waals surface area contributed by atoms with E-state index in [1.165, 1.54) is 25.7 Å². The number of alkyl halides is 1. The Balaban J connectivity index is 3.37. The van der Waals surface area contributed by atoms with Crippen molar-refractivity contribution >= 4 is 5.97 Å². The van der Waals surface area contributed by atoms with Crippen LogP contribution in [0.3, 0.4) is 0 Å². The number of esters is 1. The van der Waals surface area contributed by atoms with E-state index in [4.69, 9.17) is 4.74 Å². The molecule has 0 radical (unpaired) electrons. The molecule has 0 rings (SSSR count). The van der Waals surface area contributed by atoms with Crippen LogP contribution in [0.2, 0.25) is 0 Å². The zero-order chi connectivity index (χ0) is 14.3. The number of unbranched alkanes of at least 4 members (excludes halogenated alkanes) is 8. The Hall–Kier alpha value is -0.600. The van der Waals surface area contributed by atoms with E-state index in [0.717, 1.165) is 38.5 Å². The second-order valence-electron chi connectivity index (χ2n) is 5.27. The third kappa shape index (κ3) is 13.6. The van der Waals surface area contributed by atoms with Gasteiger partial charge in [-0.25, -0.2) is 4.39 Å². The first kappa shape index (κ1) is 18.4. The van der Waals surface area contributed by atoms with E-state index in [1.54, 1.807) is 0 Å². The minimum absolute atomic E-state index is 0.352. The fourth-order valence-corrected chi connectivity index (χ4v) is 2.04. The van der Waals surface area contributed by atoms with Gasteiger partial charge < -0.3 is 4.74 Å². The van der Waals surface area contributed by atoms with Crippen LogP contribution >= 0.6 is 0 Å². The SMILES string of the molecule is CCCCCCCC(=O)OC(F)CCCCCCC. The van der Waals surface area contributed by atoms with Gasteiger partial charge in [0.2, 0.25) is 6.36 Å². The van der Waals surface area contributed by atoms with E-state index in [1.807, 2.05) is 0 Å². The molecule has 0 bridgehead atoms. The van der Waals surface area contributed by atoms with Crippen molar-refractivity contribution in [1.82, 2.24) is 0 Å². The molecular weight excluding hydrogens is 243 g/mol. The summed E-state index contributed by atoms with van der Waals surface area (Å²) >= 11 is 0. The number of halogens is 1. The first-order valence-electron chi connectivity index (χ1n) is 8.04. The van der Waals surface area contributed by atoms with Gasteiger partial charge in [0.15, 0.2) is 0 Å². The van der Waals surface area contributed by atoms with Crippen molar-refractivity contribution in [2.45, 2.75) is 97.3 Å². The molecule has 0 aliphatic carbocycles. The average Bonchev–Trinajstić information content (AvgIpc) is 2.38. The molecule has 2 nitrogen and oxygen atoms in total. The van der Waals surface area contributed by atoms with Crippen molar-refractivity contribution < 1.29 is 13.9 Å². The van der Waals surface area contributed by atoms with Crippen molar-refractivity contribution in [3.8, 4) is 0 Å². The molecule has 0 saturated carbocycles.